The van der Waals surface area contributed by atoms with Crippen LogP contribution in [0.25, 0.3) is 0 Å². The predicted octanol–water partition coefficient (Wildman–Crippen LogP) is 17.1. The first-order chi connectivity index (χ1) is 35.8. The summed E-state index contributed by atoms with van der Waals surface area (Å²) in [4.78, 5) is 34.9. The van der Waals surface area contributed by atoms with Gasteiger partial charge in [-0.1, -0.05) is 208 Å². The number of hydrogen-bond donors (Lipinski definition) is 2. The van der Waals surface area contributed by atoms with Crippen LogP contribution in [-0.4, -0.2) is 49.3 Å². The number of rotatable bonds is 47. The third kappa shape index (κ3) is 56.0. The summed E-state index contributed by atoms with van der Waals surface area (Å²) in [5.74, 6) is -0.996. The smallest absolute Gasteiger partial charge is 0.462 e. The quantitative estimate of drug-likeness (QED) is 0.0264. The van der Waals surface area contributed by atoms with Crippen molar-refractivity contribution in [3.63, 3.8) is 0 Å². The van der Waals surface area contributed by atoms with E-state index in [9.17, 15) is 19.0 Å². The minimum Gasteiger partial charge on any atom is -0.462 e. The molecule has 0 bridgehead atoms. The lowest BCUT2D eigenvalue weighted by molar-refractivity contribution is -0.161. The van der Waals surface area contributed by atoms with E-state index in [4.69, 9.17) is 24.3 Å². The molecule has 404 valence electrons. The Balaban J connectivity index is 4.17. The zero-order valence-electron chi connectivity index (χ0n) is 44.8. The highest BCUT2D eigenvalue weighted by Crippen LogP contribution is 2.43. The topological polar surface area (TPSA) is 134 Å². The molecule has 0 spiro atoms. The Labute approximate surface area is 443 Å². The maximum absolute atomic E-state index is 12.6. The molecule has 10 heteroatoms. The van der Waals surface area contributed by atoms with Gasteiger partial charge >= 0.3 is 19.8 Å². The summed E-state index contributed by atoms with van der Waals surface area (Å²) in [6.07, 6.45) is 86.6. The van der Waals surface area contributed by atoms with Gasteiger partial charge in [0.05, 0.1) is 13.2 Å². The predicted molar refractivity (Wildman–Crippen MR) is 311 cm³/mol. The average Bonchev–Trinajstić information content (AvgIpc) is 3.38. The number of unbranched alkanes of at least 4 members (excludes halogenated alkanes) is 2. The molecule has 0 aliphatic carbocycles. The van der Waals surface area contributed by atoms with E-state index in [1.54, 1.807) is 0 Å². The van der Waals surface area contributed by atoms with Gasteiger partial charge in [-0.15, -0.1) is 0 Å². The van der Waals surface area contributed by atoms with Crippen LogP contribution in [0.3, 0.4) is 0 Å². The molecular weight excluding hydrogens is 930 g/mol. The summed E-state index contributed by atoms with van der Waals surface area (Å²) in [7, 11) is -4.42. The van der Waals surface area contributed by atoms with Crippen LogP contribution in [0.4, 0.5) is 0 Å². The summed E-state index contributed by atoms with van der Waals surface area (Å²) in [6, 6.07) is 0. The summed E-state index contributed by atoms with van der Waals surface area (Å²) in [5, 5.41) is 0. The first kappa shape index (κ1) is 67.8. The van der Waals surface area contributed by atoms with Crippen molar-refractivity contribution in [1.29, 1.82) is 0 Å². The van der Waals surface area contributed by atoms with Crippen LogP contribution in [0.1, 0.15) is 155 Å². The van der Waals surface area contributed by atoms with Gasteiger partial charge in [0.2, 0.25) is 0 Å². The molecule has 73 heavy (non-hydrogen) atoms. The molecule has 0 aromatic carbocycles. The molecule has 0 rings (SSSR count). The van der Waals surface area contributed by atoms with Gasteiger partial charge in [0.25, 0.3) is 0 Å². The maximum Gasteiger partial charge on any atom is 0.472 e. The van der Waals surface area contributed by atoms with Crippen LogP contribution in [0.15, 0.2) is 194 Å². The number of phosphoric acid groups is 1. The molecule has 0 saturated heterocycles. The number of phosphoric ester groups is 1. The number of ether oxygens (including phenoxy) is 2. The van der Waals surface area contributed by atoms with Crippen LogP contribution in [0, 0.1) is 0 Å². The fourth-order valence-corrected chi connectivity index (χ4v) is 6.86. The van der Waals surface area contributed by atoms with Gasteiger partial charge in [0.1, 0.15) is 6.61 Å². The number of allylic oxidation sites excluding steroid dienone is 32. The van der Waals surface area contributed by atoms with Gasteiger partial charge in [-0.25, -0.2) is 4.57 Å². The van der Waals surface area contributed by atoms with Gasteiger partial charge in [0, 0.05) is 19.4 Å². The molecule has 9 nitrogen and oxygen atoms in total. The molecule has 0 fully saturated rings. The maximum atomic E-state index is 12.6. The van der Waals surface area contributed by atoms with Crippen molar-refractivity contribution >= 4 is 19.8 Å². The highest BCUT2D eigenvalue weighted by Gasteiger charge is 2.25. The van der Waals surface area contributed by atoms with Gasteiger partial charge < -0.3 is 20.1 Å². The van der Waals surface area contributed by atoms with Crippen LogP contribution in [0.2, 0.25) is 0 Å². The number of hydrogen-bond acceptors (Lipinski definition) is 8. The molecule has 2 atom stereocenters. The Bertz CT molecular complexity index is 1880. The largest absolute Gasteiger partial charge is 0.472 e. The first-order valence-electron chi connectivity index (χ1n) is 26.9. The normalized spacial score (nSPS) is 14.6. The third-order valence-corrected chi connectivity index (χ3v) is 11.0. The molecule has 0 aromatic heterocycles. The standard InChI is InChI=1S/C63H94NO8P/c1-3-5-7-9-11-13-15-17-18-19-20-21-22-23-24-25-26-27-28-29-30-31-32-33-34-35-36-37-38-39-40-41-42-44-46-48-50-52-54-56-63(66)72-61(60-71-73(67,68)70-58-57-64)59-69-62(65)55-53-51-49-47-45-43-16-14-12-10-8-6-4-2/h5-8,11-14,17-18,20-21,23-24,26-27,29-30,32-33,35-36,38-39,41-43,45-46,48-49,51,61H,3-4,9-10,15-16,19,22,25,28,31,34,37,40,44,47,50,52-60,64H2,1-2H3,(H,67,68)/b7-5-,8-6-,13-11-,14-12-,18-17-,21-20-,24-23-,27-26-,30-29-,33-32-,36-35-,39-38-,42-41-,45-43-,48-46-,51-49-. The zero-order chi connectivity index (χ0) is 53.1. The second-order valence-corrected chi connectivity index (χ2v) is 18.1. The molecule has 0 radical (unpaired) electrons. The summed E-state index contributed by atoms with van der Waals surface area (Å²) in [6.45, 7) is 3.32. The highest BCUT2D eigenvalue weighted by atomic mass is 31.2. The fourth-order valence-electron chi connectivity index (χ4n) is 6.10. The van der Waals surface area contributed by atoms with Crippen LogP contribution in [-0.2, 0) is 32.7 Å². The van der Waals surface area contributed by atoms with Gasteiger partial charge in [-0.05, 0) is 128 Å². The number of nitrogens with two attached hydrogens (primary N) is 1. The van der Waals surface area contributed by atoms with E-state index in [1.807, 2.05) is 12.2 Å². The van der Waals surface area contributed by atoms with Crippen molar-refractivity contribution in [3.8, 4) is 0 Å². The number of esters is 2. The SMILES string of the molecule is CC/C=C\C/C=C\C/C=C\C/C=C\C/C=C\C/C=C\C/C=C\C/C=C\C/C=C\C/C=C\C/C=C\C/C=C\CCCCC(=O)OC(COC(=O)CC/C=C\C/C=C\C/C=C\C/C=C\CC)COP(=O)(O)OCCN. The van der Waals surface area contributed by atoms with Crippen molar-refractivity contribution in [2.45, 2.75) is 161 Å². The highest BCUT2D eigenvalue weighted by molar-refractivity contribution is 7.47. The Kier molecular flexibility index (Phi) is 52.2. The molecular formula is C63H94NO8P. The molecule has 0 heterocycles. The van der Waals surface area contributed by atoms with Crippen molar-refractivity contribution < 1.29 is 37.6 Å². The van der Waals surface area contributed by atoms with Crippen molar-refractivity contribution in [3.05, 3.63) is 194 Å². The fraction of sp³-hybridized carbons (Fsp3) is 0.460. The summed E-state index contributed by atoms with van der Waals surface area (Å²) in [5.41, 5.74) is 5.35. The molecule has 3 N–H and O–H groups in total. The summed E-state index contributed by atoms with van der Waals surface area (Å²) < 4.78 is 32.7. The minimum atomic E-state index is -4.42. The zero-order valence-corrected chi connectivity index (χ0v) is 45.7. The van der Waals surface area contributed by atoms with Gasteiger partial charge in [-0.3, -0.25) is 18.6 Å². The second kappa shape index (κ2) is 56.2. The number of carbonyl (C=O) groups is 2. The lowest BCUT2D eigenvalue weighted by Crippen LogP contribution is -2.29. The Morgan fingerprint density at radius 1 is 0.411 bits per heavy atom. The van der Waals surface area contributed by atoms with E-state index in [0.29, 0.717) is 12.8 Å². The van der Waals surface area contributed by atoms with E-state index in [1.165, 1.54) is 0 Å². The van der Waals surface area contributed by atoms with Crippen molar-refractivity contribution in [2.75, 3.05) is 26.4 Å². The molecule has 0 aliphatic rings. The van der Waals surface area contributed by atoms with Crippen LogP contribution < -0.4 is 5.73 Å². The van der Waals surface area contributed by atoms with E-state index >= 15 is 0 Å². The van der Waals surface area contributed by atoms with Crippen molar-refractivity contribution in [2.24, 2.45) is 5.73 Å². The Morgan fingerprint density at radius 2 is 0.726 bits per heavy atom. The molecule has 0 saturated carbocycles. The first-order valence-corrected chi connectivity index (χ1v) is 28.4. The Hall–Kier alpha value is -5.15. The third-order valence-electron chi connectivity index (χ3n) is 9.99. The molecule has 0 amide bonds. The lowest BCUT2D eigenvalue weighted by Gasteiger charge is -2.19. The lowest BCUT2D eigenvalue weighted by atomic mass is 10.2. The van der Waals surface area contributed by atoms with Crippen LogP contribution in [0.5, 0.6) is 0 Å². The van der Waals surface area contributed by atoms with Crippen LogP contribution >= 0.6 is 7.82 Å². The molecule has 0 aliphatic heterocycles. The van der Waals surface area contributed by atoms with E-state index in [2.05, 4.69) is 196 Å². The number of carbonyl (C=O) groups excluding carboxylic acids is 2. The van der Waals surface area contributed by atoms with Gasteiger partial charge in [0.15, 0.2) is 6.10 Å². The summed E-state index contributed by atoms with van der Waals surface area (Å²) >= 11 is 0. The van der Waals surface area contributed by atoms with E-state index in [0.717, 1.165) is 116 Å². The van der Waals surface area contributed by atoms with E-state index in [-0.39, 0.29) is 32.6 Å². The minimum absolute atomic E-state index is 0.0259. The second-order valence-electron chi connectivity index (χ2n) is 16.6. The van der Waals surface area contributed by atoms with Gasteiger partial charge in [-0.2, -0.15) is 0 Å². The molecule has 2 unspecified atom stereocenters. The Morgan fingerprint density at radius 3 is 1.05 bits per heavy atom. The monoisotopic (exact) mass is 1020 g/mol. The molecule has 0 aromatic rings. The van der Waals surface area contributed by atoms with E-state index < -0.39 is 32.5 Å². The van der Waals surface area contributed by atoms with Crippen molar-refractivity contribution in [1.82, 2.24) is 0 Å². The average molecular weight is 1020 g/mol.